The van der Waals surface area contributed by atoms with Crippen LogP contribution < -0.4 is 10.1 Å². The number of alkyl halides is 2. The zero-order valence-corrected chi connectivity index (χ0v) is 10.6. The fourth-order valence-corrected chi connectivity index (χ4v) is 1.72. The molecular formula is C10H11BrF3NO3. The molecule has 102 valence electrons. The van der Waals surface area contributed by atoms with Crippen molar-refractivity contribution in [3.05, 3.63) is 22.4 Å². The molecule has 0 aromatic heterocycles. The maximum absolute atomic E-state index is 13.1. The molecule has 1 aromatic carbocycles. The summed E-state index contributed by atoms with van der Waals surface area (Å²) < 4.78 is 41.8. The molecule has 0 aliphatic heterocycles. The van der Waals surface area contributed by atoms with Crippen LogP contribution in [0.1, 0.15) is 0 Å². The van der Waals surface area contributed by atoms with Gasteiger partial charge in [-0.1, -0.05) is 0 Å². The minimum Gasteiger partial charge on any atom is -0.431 e. The van der Waals surface area contributed by atoms with Gasteiger partial charge in [0, 0.05) is 12.6 Å². The number of nitrogens with one attached hydrogen (secondary N) is 1. The van der Waals surface area contributed by atoms with Crippen molar-refractivity contribution in [2.45, 2.75) is 12.7 Å². The van der Waals surface area contributed by atoms with Crippen LogP contribution in [0, 0.1) is 5.82 Å². The number of halogens is 4. The monoisotopic (exact) mass is 329 g/mol. The Hall–Kier alpha value is -0.990. The van der Waals surface area contributed by atoms with Crippen LogP contribution >= 0.6 is 15.9 Å². The van der Waals surface area contributed by atoms with Gasteiger partial charge in [0.25, 0.3) is 0 Å². The summed E-state index contributed by atoms with van der Waals surface area (Å²) in [6, 6.07) is 1.93. The standard InChI is InChI=1S/C10H11BrF3NO3/c11-7-1-5(12)2-8(9(7)18-10(13)14)15-3-6(17)4-16/h1-2,6,10,15-17H,3-4H2. The topological polar surface area (TPSA) is 61.7 Å². The number of ether oxygens (including phenoxy) is 1. The van der Waals surface area contributed by atoms with Crippen LogP contribution in [0.15, 0.2) is 16.6 Å². The van der Waals surface area contributed by atoms with Crippen molar-refractivity contribution in [3.8, 4) is 5.75 Å². The Morgan fingerprint density at radius 2 is 2.06 bits per heavy atom. The average Bonchev–Trinajstić information content (AvgIpc) is 2.29. The van der Waals surface area contributed by atoms with E-state index in [1.54, 1.807) is 0 Å². The molecule has 0 saturated heterocycles. The fraction of sp³-hybridized carbons (Fsp3) is 0.400. The minimum absolute atomic E-state index is 0.0174. The quantitative estimate of drug-likeness (QED) is 0.746. The number of anilines is 1. The fourth-order valence-electron chi connectivity index (χ4n) is 1.19. The van der Waals surface area contributed by atoms with Gasteiger partial charge in [-0.3, -0.25) is 0 Å². The van der Waals surface area contributed by atoms with Crippen LogP contribution in [0.3, 0.4) is 0 Å². The number of hydrogen-bond donors (Lipinski definition) is 3. The van der Waals surface area contributed by atoms with E-state index in [0.717, 1.165) is 12.1 Å². The summed E-state index contributed by atoms with van der Waals surface area (Å²) in [6.45, 7) is -3.70. The largest absolute Gasteiger partial charge is 0.431 e. The van der Waals surface area contributed by atoms with Gasteiger partial charge in [0.1, 0.15) is 5.82 Å². The highest BCUT2D eigenvalue weighted by Gasteiger charge is 2.16. The normalized spacial score (nSPS) is 12.6. The first kappa shape index (κ1) is 15.1. The van der Waals surface area contributed by atoms with E-state index < -0.39 is 25.1 Å². The lowest BCUT2D eigenvalue weighted by atomic mass is 10.2. The second kappa shape index (κ2) is 6.81. The van der Waals surface area contributed by atoms with E-state index in [0.29, 0.717) is 0 Å². The molecule has 3 N–H and O–H groups in total. The molecule has 0 aliphatic carbocycles. The summed E-state index contributed by atoms with van der Waals surface area (Å²) >= 11 is 2.90. The maximum Gasteiger partial charge on any atom is 0.387 e. The molecule has 0 radical (unpaired) electrons. The molecule has 0 aliphatic rings. The third-order valence-electron chi connectivity index (χ3n) is 1.95. The third kappa shape index (κ3) is 4.35. The lowest BCUT2D eigenvalue weighted by Crippen LogP contribution is -2.23. The van der Waals surface area contributed by atoms with E-state index in [9.17, 15) is 13.2 Å². The highest BCUT2D eigenvalue weighted by molar-refractivity contribution is 9.10. The molecule has 0 amide bonds. The Morgan fingerprint density at radius 1 is 1.39 bits per heavy atom. The summed E-state index contributed by atoms with van der Waals surface area (Å²) in [7, 11) is 0. The van der Waals surface area contributed by atoms with Gasteiger partial charge in [-0.15, -0.1) is 0 Å². The lowest BCUT2D eigenvalue weighted by molar-refractivity contribution is -0.0499. The van der Waals surface area contributed by atoms with Crippen LogP contribution in [0.2, 0.25) is 0 Å². The van der Waals surface area contributed by atoms with E-state index in [1.165, 1.54) is 0 Å². The van der Waals surface area contributed by atoms with E-state index in [1.807, 2.05) is 0 Å². The van der Waals surface area contributed by atoms with E-state index in [4.69, 9.17) is 10.2 Å². The number of aliphatic hydroxyl groups excluding tert-OH is 2. The van der Waals surface area contributed by atoms with Crippen molar-refractivity contribution < 1.29 is 28.1 Å². The first-order valence-electron chi connectivity index (χ1n) is 4.90. The molecule has 8 heteroatoms. The first-order valence-corrected chi connectivity index (χ1v) is 5.70. The zero-order valence-electron chi connectivity index (χ0n) is 9.04. The van der Waals surface area contributed by atoms with Crippen LogP contribution in [0.25, 0.3) is 0 Å². The second-order valence-electron chi connectivity index (χ2n) is 3.36. The molecule has 0 fully saturated rings. The molecule has 1 aromatic rings. The van der Waals surface area contributed by atoms with Crippen LogP contribution in [-0.4, -0.2) is 36.1 Å². The molecule has 0 spiro atoms. The van der Waals surface area contributed by atoms with Gasteiger partial charge >= 0.3 is 6.61 Å². The van der Waals surface area contributed by atoms with Gasteiger partial charge in [0.05, 0.1) is 22.9 Å². The van der Waals surface area contributed by atoms with Gasteiger partial charge in [0.15, 0.2) is 5.75 Å². The Bertz CT molecular complexity index is 406. The summed E-state index contributed by atoms with van der Waals surface area (Å²) in [6.07, 6.45) is -1.09. The molecule has 1 rings (SSSR count). The number of hydrogen-bond acceptors (Lipinski definition) is 4. The third-order valence-corrected chi connectivity index (χ3v) is 2.54. The predicted octanol–water partition coefficient (Wildman–Crippen LogP) is 1.95. The van der Waals surface area contributed by atoms with Crippen molar-refractivity contribution >= 4 is 21.6 Å². The van der Waals surface area contributed by atoms with Gasteiger partial charge in [-0.05, 0) is 22.0 Å². The Labute approximate surface area is 110 Å². The lowest BCUT2D eigenvalue weighted by Gasteiger charge is -2.16. The van der Waals surface area contributed by atoms with Crippen molar-refractivity contribution in [2.24, 2.45) is 0 Å². The molecule has 4 nitrogen and oxygen atoms in total. The highest BCUT2D eigenvalue weighted by Crippen LogP contribution is 2.35. The van der Waals surface area contributed by atoms with Crippen LogP contribution in [0.4, 0.5) is 18.9 Å². The van der Waals surface area contributed by atoms with Crippen molar-refractivity contribution in [1.29, 1.82) is 0 Å². The summed E-state index contributed by atoms with van der Waals surface area (Å²) in [4.78, 5) is 0. The predicted molar refractivity (Wildman–Crippen MR) is 62.3 cm³/mol. The first-order chi connectivity index (χ1) is 8.43. The molecule has 0 saturated carbocycles. The van der Waals surface area contributed by atoms with Crippen LogP contribution in [0.5, 0.6) is 5.75 Å². The zero-order chi connectivity index (χ0) is 13.7. The summed E-state index contributed by atoms with van der Waals surface area (Å²) in [5.41, 5.74) is -0.0466. The Kier molecular flexibility index (Phi) is 5.70. The van der Waals surface area contributed by atoms with Crippen molar-refractivity contribution in [3.63, 3.8) is 0 Å². The van der Waals surface area contributed by atoms with E-state index >= 15 is 0 Å². The van der Waals surface area contributed by atoms with Gasteiger partial charge in [0.2, 0.25) is 0 Å². The molecule has 0 bridgehead atoms. The number of rotatable bonds is 6. The van der Waals surface area contributed by atoms with Crippen molar-refractivity contribution in [1.82, 2.24) is 0 Å². The SMILES string of the molecule is OCC(O)CNc1cc(F)cc(Br)c1OC(F)F. The van der Waals surface area contributed by atoms with E-state index in [-0.39, 0.29) is 22.5 Å². The van der Waals surface area contributed by atoms with Gasteiger partial charge in [-0.2, -0.15) is 8.78 Å². The molecule has 1 atom stereocenters. The smallest absolute Gasteiger partial charge is 0.387 e. The molecule has 18 heavy (non-hydrogen) atoms. The minimum atomic E-state index is -3.06. The molecule has 0 heterocycles. The molecule has 1 unspecified atom stereocenters. The molecular weight excluding hydrogens is 319 g/mol. The number of aliphatic hydroxyl groups is 2. The Balaban J connectivity index is 2.92. The van der Waals surface area contributed by atoms with Crippen LogP contribution in [-0.2, 0) is 0 Å². The summed E-state index contributed by atoms with van der Waals surface area (Å²) in [5.74, 6) is -0.930. The maximum atomic E-state index is 13.1. The second-order valence-corrected chi connectivity index (χ2v) is 4.21. The van der Waals surface area contributed by atoms with Gasteiger partial charge < -0.3 is 20.3 Å². The van der Waals surface area contributed by atoms with Gasteiger partial charge in [-0.25, -0.2) is 4.39 Å². The Morgan fingerprint density at radius 3 is 2.61 bits per heavy atom. The van der Waals surface area contributed by atoms with Crippen molar-refractivity contribution in [2.75, 3.05) is 18.5 Å². The number of benzene rings is 1. The van der Waals surface area contributed by atoms with E-state index in [2.05, 4.69) is 26.0 Å². The highest BCUT2D eigenvalue weighted by atomic mass is 79.9. The summed E-state index contributed by atoms with van der Waals surface area (Å²) in [5, 5.41) is 20.2. The average molecular weight is 330 g/mol.